The minimum absolute atomic E-state index is 0.217. The van der Waals surface area contributed by atoms with Crippen LogP contribution in [0.4, 0.5) is 0 Å². The first-order chi connectivity index (χ1) is 8.66. The normalized spacial score (nSPS) is 12.3. The lowest BCUT2D eigenvalue weighted by Crippen LogP contribution is -2.26. The van der Waals surface area contributed by atoms with Crippen LogP contribution in [0.2, 0.25) is 0 Å². The third-order valence-electron chi connectivity index (χ3n) is 2.56. The molecule has 1 amide bonds. The van der Waals surface area contributed by atoms with E-state index in [2.05, 4.69) is 5.32 Å². The molecule has 18 heavy (non-hydrogen) atoms. The topological polar surface area (TPSA) is 47.2 Å². The molecule has 0 saturated heterocycles. The molecule has 0 aromatic carbocycles. The van der Waals surface area contributed by atoms with Gasteiger partial charge in [-0.05, 0) is 31.2 Å². The van der Waals surface area contributed by atoms with Crippen molar-refractivity contribution in [3.05, 3.63) is 48.2 Å². The summed E-state index contributed by atoms with van der Waals surface area (Å²) in [6, 6.07) is 7.25. The summed E-state index contributed by atoms with van der Waals surface area (Å²) in [6.45, 7) is 3.09. The lowest BCUT2D eigenvalue weighted by molar-refractivity contribution is 0.0923. The Bertz CT molecular complexity index is 503. The van der Waals surface area contributed by atoms with Crippen molar-refractivity contribution in [1.82, 2.24) is 9.88 Å². The molecule has 1 unspecified atom stereocenters. The van der Waals surface area contributed by atoms with Crippen LogP contribution >= 0.6 is 11.6 Å². The lowest BCUT2D eigenvalue weighted by atomic mass is 10.3. The van der Waals surface area contributed by atoms with Gasteiger partial charge in [-0.2, -0.15) is 0 Å². The van der Waals surface area contributed by atoms with Crippen LogP contribution in [-0.4, -0.2) is 17.0 Å². The molecule has 2 rings (SSSR count). The third kappa shape index (κ3) is 3.17. The zero-order valence-corrected chi connectivity index (χ0v) is 10.9. The average Bonchev–Trinajstić information content (AvgIpc) is 2.99. The number of furan rings is 1. The monoisotopic (exact) mass is 266 g/mol. The van der Waals surface area contributed by atoms with E-state index in [9.17, 15) is 4.79 Å². The summed E-state index contributed by atoms with van der Waals surface area (Å²) < 4.78 is 7.34. The van der Waals surface area contributed by atoms with Crippen molar-refractivity contribution in [2.24, 2.45) is 0 Å². The third-order valence-corrected chi connectivity index (χ3v) is 2.78. The number of carbonyl (C=O) groups excluding carboxylic acids is 1. The summed E-state index contributed by atoms with van der Waals surface area (Å²) in [7, 11) is 0. The van der Waals surface area contributed by atoms with Crippen LogP contribution < -0.4 is 5.32 Å². The van der Waals surface area contributed by atoms with Gasteiger partial charge in [-0.25, -0.2) is 0 Å². The molecule has 2 heterocycles. The second-order valence-electron chi connectivity index (χ2n) is 3.99. The maximum Gasteiger partial charge on any atom is 0.287 e. The van der Waals surface area contributed by atoms with Crippen LogP contribution in [0.15, 0.2) is 41.1 Å². The van der Waals surface area contributed by atoms with Crippen molar-refractivity contribution >= 4 is 17.5 Å². The second-order valence-corrected chi connectivity index (χ2v) is 4.65. The number of nitrogens with zero attached hydrogens (tertiary/aromatic N) is 1. The van der Waals surface area contributed by atoms with E-state index in [-0.39, 0.29) is 11.3 Å². The van der Waals surface area contributed by atoms with Crippen molar-refractivity contribution < 1.29 is 9.21 Å². The summed E-state index contributed by atoms with van der Waals surface area (Å²) >= 11 is 5.86. The SMILES string of the molecule is CC(Cl)c1ccc(C(=O)NCCn2cccc2)o1. The van der Waals surface area contributed by atoms with E-state index in [1.807, 2.05) is 29.1 Å². The molecule has 0 spiro atoms. The average molecular weight is 267 g/mol. The number of rotatable bonds is 5. The maximum absolute atomic E-state index is 11.8. The van der Waals surface area contributed by atoms with Gasteiger partial charge in [0, 0.05) is 25.5 Å². The Hall–Kier alpha value is -1.68. The molecule has 96 valence electrons. The van der Waals surface area contributed by atoms with Gasteiger partial charge in [0.15, 0.2) is 5.76 Å². The summed E-state index contributed by atoms with van der Waals surface area (Å²) in [5, 5.41) is 2.56. The van der Waals surface area contributed by atoms with Crippen molar-refractivity contribution in [3.63, 3.8) is 0 Å². The van der Waals surface area contributed by atoms with Gasteiger partial charge in [0.05, 0.1) is 5.38 Å². The standard InChI is InChI=1S/C13H15ClN2O2/c1-10(14)11-4-5-12(18-11)13(17)15-6-9-16-7-2-3-8-16/h2-5,7-8,10H,6,9H2,1H3,(H,15,17). The molecule has 0 aliphatic rings. The predicted molar refractivity (Wildman–Crippen MR) is 69.7 cm³/mol. The van der Waals surface area contributed by atoms with Gasteiger partial charge in [-0.1, -0.05) is 0 Å². The zero-order chi connectivity index (χ0) is 13.0. The van der Waals surface area contributed by atoms with Crippen molar-refractivity contribution in [2.45, 2.75) is 18.8 Å². The van der Waals surface area contributed by atoms with Gasteiger partial charge in [-0.3, -0.25) is 4.79 Å². The highest BCUT2D eigenvalue weighted by atomic mass is 35.5. The largest absolute Gasteiger partial charge is 0.454 e. The molecule has 0 radical (unpaired) electrons. The quantitative estimate of drug-likeness (QED) is 0.846. The fraction of sp³-hybridized carbons (Fsp3) is 0.308. The number of amides is 1. The molecule has 4 nitrogen and oxygen atoms in total. The highest BCUT2D eigenvalue weighted by molar-refractivity contribution is 6.20. The highest BCUT2D eigenvalue weighted by Crippen LogP contribution is 2.21. The number of aromatic nitrogens is 1. The van der Waals surface area contributed by atoms with Crippen LogP contribution in [0.5, 0.6) is 0 Å². The second kappa shape index (κ2) is 5.78. The van der Waals surface area contributed by atoms with Gasteiger partial charge in [0.2, 0.25) is 0 Å². The number of hydrogen-bond donors (Lipinski definition) is 1. The Morgan fingerprint density at radius 2 is 2.17 bits per heavy atom. The number of halogens is 1. The van der Waals surface area contributed by atoms with Crippen molar-refractivity contribution in [2.75, 3.05) is 6.54 Å². The summed E-state index contributed by atoms with van der Waals surface area (Å²) in [4.78, 5) is 11.8. The zero-order valence-electron chi connectivity index (χ0n) is 10.1. The minimum atomic E-state index is -0.230. The Morgan fingerprint density at radius 1 is 1.44 bits per heavy atom. The van der Waals surface area contributed by atoms with Crippen molar-refractivity contribution in [3.8, 4) is 0 Å². The van der Waals surface area contributed by atoms with E-state index < -0.39 is 0 Å². The van der Waals surface area contributed by atoms with Crippen LogP contribution in [0.3, 0.4) is 0 Å². The molecule has 1 N–H and O–H groups in total. The highest BCUT2D eigenvalue weighted by Gasteiger charge is 2.12. The Balaban J connectivity index is 1.83. The van der Waals surface area contributed by atoms with E-state index in [1.54, 1.807) is 19.1 Å². The maximum atomic E-state index is 11.8. The molecular weight excluding hydrogens is 252 g/mol. The molecular formula is C13H15ClN2O2. The van der Waals surface area contributed by atoms with E-state index >= 15 is 0 Å². The van der Waals surface area contributed by atoms with E-state index in [0.29, 0.717) is 18.1 Å². The predicted octanol–water partition coefficient (Wildman–Crippen LogP) is 2.81. The molecule has 5 heteroatoms. The first-order valence-electron chi connectivity index (χ1n) is 5.79. The number of carbonyl (C=O) groups is 1. The van der Waals surface area contributed by atoms with Crippen LogP contribution in [0.25, 0.3) is 0 Å². The molecule has 0 aliphatic carbocycles. The number of alkyl halides is 1. The van der Waals surface area contributed by atoms with E-state index in [1.165, 1.54) is 0 Å². The smallest absolute Gasteiger partial charge is 0.287 e. The van der Waals surface area contributed by atoms with Gasteiger partial charge in [0.1, 0.15) is 5.76 Å². The van der Waals surface area contributed by atoms with E-state index in [0.717, 1.165) is 6.54 Å². The molecule has 2 aromatic rings. The van der Waals surface area contributed by atoms with Gasteiger partial charge in [0.25, 0.3) is 5.91 Å². The molecule has 1 atom stereocenters. The fourth-order valence-electron chi connectivity index (χ4n) is 1.59. The van der Waals surface area contributed by atoms with E-state index in [4.69, 9.17) is 16.0 Å². The molecule has 0 bridgehead atoms. The van der Waals surface area contributed by atoms with Crippen molar-refractivity contribution in [1.29, 1.82) is 0 Å². The lowest BCUT2D eigenvalue weighted by Gasteiger charge is -2.04. The molecule has 2 aromatic heterocycles. The summed E-state index contributed by atoms with van der Waals surface area (Å²) in [5.74, 6) is 0.683. The first-order valence-corrected chi connectivity index (χ1v) is 6.23. The Labute approximate surface area is 111 Å². The molecule has 0 fully saturated rings. The fourth-order valence-corrected chi connectivity index (χ4v) is 1.71. The van der Waals surface area contributed by atoms with Crippen LogP contribution in [-0.2, 0) is 6.54 Å². The number of nitrogens with one attached hydrogen (secondary N) is 1. The number of hydrogen-bond acceptors (Lipinski definition) is 2. The van der Waals surface area contributed by atoms with Gasteiger partial charge >= 0.3 is 0 Å². The van der Waals surface area contributed by atoms with Gasteiger partial charge < -0.3 is 14.3 Å². The first kappa shape index (κ1) is 12.8. The van der Waals surface area contributed by atoms with Crippen LogP contribution in [0, 0.1) is 0 Å². The summed E-state index contributed by atoms with van der Waals surface area (Å²) in [6.07, 6.45) is 3.90. The summed E-state index contributed by atoms with van der Waals surface area (Å²) in [5.41, 5.74) is 0. The van der Waals surface area contributed by atoms with Gasteiger partial charge in [-0.15, -0.1) is 11.6 Å². The van der Waals surface area contributed by atoms with Crippen LogP contribution in [0.1, 0.15) is 28.6 Å². The molecule has 0 aliphatic heterocycles. The minimum Gasteiger partial charge on any atom is -0.454 e. The Morgan fingerprint density at radius 3 is 2.78 bits per heavy atom. The Kier molecular flexibility index (Phi) is 4.10. The molecule has 0 saturated carbocycles.